The van der Waals surface area contributed by atoms with Gasteiger partial charge in [0.1, 0.15) is 5.54 Å². The zero-order valence-electron chi connectivity index (χ0n) is 14.4. The number of nitrogens with one attached hydrogen (secondary N) is 1. The second kappa shape index (κ2) is 8.71. The molecule has 1 saturated heterocycles. The molecule has 2 unspecified atom stereocenters. The minimum absolute atomic E-state index is 0.157. The highest BCUT2D eigenvalue weighted by Gasteiger charge is 2.37. The Morgan fingerprint density at radius 3 is 2.38 bits per heavy atom. The van der Waals surface area contributed by atoms with Crippen LogP contribution in [0.15, 0.2) is 0 Å². The predicted molar refractivity (Wildman–Crippen MR) is 86.5 cm³/mol. The zero-order valence-corrected chi connectivity index (χ0v) is 14.4. The van der Waals surface area contributed by atoms with Crippen molar-refractivity contribution in [3.63, 3.8) is 0 Å². The highest BCUT2D eigenvalue weighted by molar-refractivity contribution is 5.80. The topological polar surface area (TPSA) is 44.8 Å². The molecule has 0 aromatic heterocycles. The number of esters is 1. The van der Waals surface area contributed by atoms with E-state index in [-0.39, 0.29) is 5.97 Å². The molecular formula is C16H33N3O2. The quantitative estimate of drug-likeness (QED) is 0.685. The van der Waals surface area contributed by atoms with Crippen molar-refractivity contribution in [2.75, 3.05) is 46.4 Å². The summed E-state index contributed by atoms with van der Waals surface area (Å²) in [5.41, 5.74) is -0.591. The molecule has 5 heteroatoms. The molecule has 0 radical (unpaired) electrons. The third kappa shape index (κ3) is 5.24. The predicted octanol–water partition coefficient (Wildman–Crippen LogP) is 1.33. The van der Waals surface area contributed by atoms with Crippen molar-refractivity contribution in [1.29, 1.82) is 0 Å². The Balaban J connectivity index is 2.59. The molecule has 0 spiro atoms. The van der Waals surface area contributed by atoms with E-state index in [1.807, 2.05) is 6.92 Å². The molecular weight excluding hydrogens is 266 g/mol. The minimum atomic E-state index is -0.591. The normalized spacial score (nSPS) is 21.8. The van der Waals surface area contributed by atoms with Crippen LogP contribution >= 0.6 is 0 Å². The first-order valence-corrected chi connectivity index (χ1v) is 8.26. The first kappa shape index (κ1) is 18.4. The summed E-state index contributed by atoms with van der Waals surface area (Å²) in [6.07, 6.45) is 1.79. The van der Waals surface area contributed by atoms with Gasteiger partial charge in [-0.2, -0.15) is 0 Å². The number of rotatable bonds is 8. The lowest BCUT2D eigenvalue weighted by Gasteiger charge is -2.40. The number of carbonyl (C=O) groups is 1. The number of carbonyl (C=O) groups excluding carboxylic acids is 1. The fourth-order valence-electron chi connectivity index (χ4n) is 3.09. The van der Waals surface area contributed by atoms with Gasteiger partial charge in [-0.25, -0.2) is 0 Å². The van der Waals surface area contributed by atoms with Crippen molar-refractivity contribution in [2.45, 2.75) is 52.1 Å². The second-order valence-corrected chi connectivity index (χ2v) is 6.27. The third-order valence-corrected chi connectivity index (χ3v) is 4.58. The van der Waals surface area contributed by atoms with E-state index in [4.69, 9.17) is 4.74 Å². The number of hydrogen-bond donors (Lipinski definition) is 1. The Labute approximate surface area is 130 Å². The van der Waals surface area contributed by atoms with Gasteiger partial charge in [-0.1, -0.05) is 13.8 Å². The molecule has 1 aliphatic heterocycles. The van der Waals surface area contributed by atoms with Gasteiger partial charge in [0.2, 0.25) is 0 Å². The number of hydrogen-bond acceptors (Lipinski definition) is 5. The molecule has 0 bridgehead atoms. The molecule has 2 atom stereocenters. The molecule has 21 heavy (non-hydrogen) atoms. The van der Waals surface area contributed by atoms with E-state index in [2.05, 4.69) is 35.9 Å². The molecule has 0 aromatic rings. The average Bonchev–Trinajstić information content (AvgIpc) is 2.52. The van der Waals surface area contributed by atoms with Crippen LogP contribution in [0, 0.1) is 0 Å². The van der Waals surface area contributed by atoms with Crippen molar-refractivity contribution >= 4 is 5.97 Å². The summed E-state index contributed by atoms with van der Waals surface area (Å²) >= 11 is 0. The lowest BCUT2D eigenvalue weighted by atomic mass is 9.92. The van der Waals surface area contributed by atoms with Crippen molar-refractivity contribution < 1.29 is 9.53 Å². The van der Waals surface area contributed by atoms with E-state index in [1.165, 1.54) is 7.11 Å². The van der Waals surface area contributed by atoms with E-state index in [0.717, 1.165) is 52.1 Å². The first-order valence-electron chi connectivity index (χ1n) is 8.26. The van der Waals surface area contributed by atoms with Crippen LogP contribution in [0.25, 0.3) is 0 Å². The van der Waals surface area contributed by atoms with Crippen LogP contribution in [0.1, 0.15) is 40.5 Å². The Kier molecular flexibility index (Phi) is 7.63. The summed E-state index contributed by atoms with van der Waals surface area (Å²) in [6.45, 7) is 14.9. The molecule has 0 aromatic carbocycles. The summed E-state index contributed by atoms with van der Waals surface area (Å²) in [6, 6.07) is 0.373. The molecule has 1 heterocycles. The first-order chi connectivity index (χ1) is 9.96. The highest BCUT2D eigenvalue weighted by Crippen LogP contribution is 2.19. The van der Waals surface area contributed by atoms with Crippen LogP contribution in [-0.4, -0.2) is 73.7 Å². The molecule has 1 rings (SSSR count). The summed E-state index contributed by atoms with van der Waals surface area (Å²) in [7, 11) is 1.47. The van der Waals surface area contributed by atoms with Gasteiger partial charge in [-0.3, -0.25) is 9.69 Å². The second-order valence-electron chi connectivity index (χ2n) is 6.27. The van der Waals surface area contributed by atoms with E-state index < -0.39 is 5.54 Å². The van der Waals surface area contributed by atoms with Crippen LogP contribution in [0.2, 0.25) is 0 Å². The van der Waals surface area contributed by atoms with Crippen LogP contribution in [0.4, 0.5) is 0 Å². The minimum Gasteiger partial charge on any atom is -0.468 e. The van der Waals surface area contributed by atoms with Gasteiger partial charge in [0.25, 0.3) is 0 Å². The lowest BCUT2D eigenvalue weighted by molar-refractivity contribution is -0.148. The maximum absolute atomic E-state index is 12.1. The van der Waals surface area contributed by atoms with Gasteiger partial charge in [0.15, 0.2) is 0 Å². The van der Waals surface area contributed by atoms with Gasteiger partial charge in [-0.05, 0) is 39.8 Å². The number of methoxy groups -OCH3 is 1. The largest absolute Gasteiger partial charge is 0.468 e. The fraction of sp³-hybridized carbons (Fsp3) is 0.938. The Bertz CT molecular complexity index is 317. The number of likely N-dealkylation sites (N-methyl/N-ethyl adjacent to an activating group) is 1. The molecule has 124 valence electrons. The van der Waals surface area contributed by atoms with Gasteiger partial charge in [0.05, 0.1) is 7.11 Å². The van der Waals surface area contributed by atoms with Gasteiger partial charge in [0, 0.05) is 32.2 Å². The van der Waals surface area contributed by atoms with Gasteiger partial charge < -0.3 is 15.0 Å². The smallest absolute Gasteiger partial charge is 0.325 e. The standard InChI is InChI=1S/C16H33N3O2/c1-6-8-17-16(4,15(20)21-5)13-14(3)19-11-9-18(7-2)10-12-19/h14,17H,6-13H2,1-5H3. The van der Waals surface area contributed by atoms with Gasteiger partial charge in [-0.15, -0.1) is 0 Å². The van der Waals surface area contributed by atoms with E-state index in [0.29, 0.717) is 6.04 Å². The van der Waals surface area contributed by atoms with Crippen molar-refractivity contribution in [1.82, 2.24) is 15.1 Å². The molecule has 1 aliphatic rings. The lowest BCUT2D eigenvalue weighted by Crippen LogP contribution is -2.56. The molecule has 1 fully saturated rings. The monoisotopic (exact) mass is 299 g/mol. The van der Waals surface area contributed by atoms with Crippen molar-refractivity contribution in [3.05, 3.63) is 0 Å². The molecule has 0 amide bonds. The maximum atomic E-state index is 12.1. The SMILES string of the molecule is CCCNC(C)(CC(C)N1CCN(CC)CC1)C(=O)OC. The summed E-state index contributed by atoms with van der Waals surface area (Å²) in [5.74, 6) is -0.157. The molecule has 1 N–H and O–H groups in total. The van der Waals surface area contributed by atoms with Crippen LogP contribution < -0.4 is 5.32 Å². The Morgan fingerprint density at radius 1 is 1.29 bits per heavy atom. The fourth-order valence-corrected chi connectivity index (χ4v) is 3.09. The molecule has 5 nitrogen and oxygen atoms in total. The van der Waals surface area contributed by atoms with Crippen molar-refractivity contribution in [2.24, 2.45) is 0 Å². The molecule has 0 aliphatic carbocycles. The summed E-state index contributed by atoms with van der Waals surface area (Å²) in [5, 5.41) is 3.37. The summed E-state index contributed by atoms with van der Waals surface area (Å²) in [4.78, 5) is 17.1. The van der Waals surface area contributed by atoms with Gasteiger partial charge >= 0.3 is 5.97 Å². The third-order valence-electron chi connectivity index (χ3n) is 4.58. The summed E-state index contributed by atoms with van der Waals surface area (Å²) < 4.78 is 5.01. The Morgan fingerprint density at radius 2 is 1.90 bits per heavy atom. The highest BCUT2D eigenvalue weighted by atomic mass is 16.5. The van der Waals surface area contributed by atoms with E-state index in [1.54, 1.807) is 0 Å². The molecule has 0 saturated carbocycles. The maximum Gasteiger partial charge on any atom is 0.325 e. The Hall–Kier alpha value is -0.650. The number of nitrogens with zero attached hydrogens (tertiary/aromatic N) is 2. The number of piperazine rings is 1. The average molecular weight is 299 g/mol. The zero-order chi connectivity index (χ0) is 15.9. The van der Waals surface area contributed by atoms with E-state index in [9.17, 15) is 4.79 Å². The van der Waals surface area contributed by atoms with Crippen LogP contribution in [-0.2, 0) is 9.53 Å². The van der Waals surface area contributed by atoms with Crippen molar-refractivity contribution in [3.8, 4) is 0 Å². The van der Waals surface area contributed by atoms with E-state index >= 15 is 0 Å². The van der Waals surface area contributed by atoms with Crippen LogP contribution in [0.5, 0.6) is 0 Å². The number of ether oxygens (including phenoxy) is 1. The van der Waals surface area contributed by atoms with Crippen LogP contribution in [0.3, 0.4) is 0 Å².